The Hall–Kier alpha value is -1.10. The summed E-state index contributed by atoms with van der Waals surface area (Å²) in [6.45, 7) is 8.82. The summed E-state index contributed by atoms with van der Waals surface area (Å²) in [5, 5.41) is 9.84. The highest BCUT2D eigenvalue weighted by Gasteiger charge is 2.29. The summed E-state index contributed by atoms with van der Waals surface area (Å²) in [6, 6.07) is 8.54. The van der Waals surface area contributed by atoms with E-state index in [1.165, 1.54) is 0 Å². The molecule has 2 atom stereocenters. The van der Waals surface area contributed by atoms with Gasteiger partial charge in [0.2, 0.25) is 0 Å². The lowest BCUT2D eigenvalue weighted by Gasteiger charge is -2.43. The molecule has 1 saturated heterocycles. The Labute approximate surface area is 122 Å². The molecule has 112 valence electrons. The minimum absolute atomic E-state index is 0.0547. The van der Waals surface area contributed by atoms with E-state index in [9.17, 15) is 5.11 Å². The number of piperazine rings is 1. The highest BCUT2D eigenvalue weighted by molar-refractivity contribution is 5.30. The van der Waals surface area contributed by atoms with E-state index in [4.69, 9.17) is 4.74 Å². The second-order valence-electron chi connectivity index (χ2n) is 5.46. The molecular weight excluding hydrogens is 252 g/mol. The fourth-order valence-electron chi connectivity index (χ4n) is 3.05. The molecule has 1 N–H and O–H groups in total. The summed E-state index contributed by atoms with van der Waals surface area (Å²) in [7, 11) is 1.68. The van der Waals surface area contributed by atoms with Crippen LogP contribution in [-0.4, -0.2) is 60.8 Å². The molecule has 4 heteroatoms. The minimum Gasteiger partial charge on any atom is -0.497 e. The van der Waals surface area contributed by atoms with E-state index >= 15 is 0 Å². The van der Waals surface area contributed by atoms with Crippen molar-refractivity contribution in [1.82, 2.24) is 9.80 Å². The lowest BCUT2D eigenvalue weighted by Crippen LogP contribution is -2.53. The van der Waals surface area contributed by atoms with Gasteiger partial charge < -0.3 is 14.7 Å². The summed E-state index contributed by atoms with van der Waals surface area (Å²) >= 11 is 0. The number of likely N-dealkylation sites (N-methyl/N-ethyl adjacent to an activating group) is 1. The zero-order valence-corrected chi connectivity index (χ0v) is 12.7. The first-order valence-electron chi connectivity index (χ1n) is 7.42. The molecule has 2 rings (SSSR count). The number of hydrogen-bond acceptors (Lipinski definition) is 4. The van der Waals surface area contributed by atoms with Crippen LogP contribution in [0.5, 0.6) is 5.75 Å². The van der Waals surface area contributed by atoms with Gasteiger partial charge in [0.25, 0.3) is 0 Å². The number of methoxy groups -OCH3 is 1. The topological polar surface area (TPSA) is 35.9 Å². The van der Waals surface area contributed by atoms with E-state index in [-0.39, 0.29) is 12.6 Å². The smallest absolute Gasteiger partial charge is 0.119 e. The maximum atomic E-state index is 9.84. The van der Waals surface area contributed by atoms with Gasteiger partial charge in [-0.2, -0.15) is 0 Å². The van der Waals surface area contributed by atoms with E-state index in [2.05, 4.69) is 29.7 Å². The number of rotatable bonds is 5. The first-order chi connectivity index (χ1) is 9.69. The number of aliphatic hydroxyl groups excluding tert-OH is 1. The highest BCUT2D eigenvalue weighted by atomic mass is 16.5. The van der Waals surface area contributed by atoms with Gasteiger partial charge in [-0.3, -0.25) is 4.90 Å². The van der Waals surface area contributed by atoms with Gasteiger partial charge in [0, 0.05) is 25.7 Å². The van der Waals surface area contributed by atoms with Gasteiger partial charge >= 0.3 is 0 Å². The summed E-state index contributed by atoms with van der Waals surface area (Å²) in [5.74, 6) is 0.848. The molecule has 1 fully saturated rings. The Morgan fingerprint density at radius 2 is 2.20 bits per heavy atom. The molecule has 2 unspecified atom stereocenters. The monoisotopic (exact) mass is 278 g/mol. The average Bonchev–Trinajstić information content (AvgIpc) is 2.49. The quantitative estimate of drug-likeness (QED) is 0.890. The predicted molar refractivity (Wildman–Crippen MR) is 81.1 cm³/mol. The molecule has 0 spiro atoms. The molecule has 1 heterocycles. The van der Waals surface area contributed by atoms with Crippen LogP contribution < -0.4 is 4.74 Å². The normalized spacial score (nSPS) is 22.7. The molecule has 0 radical (unpaired) electrons. The molecule has 1 aromatic rings. The van der Waals surface area contributed by atoms with Crippen molar-refractivity contribution in [3.63, 3.8) is 0 Å². The van der Waals surface area contributed by atoms with Gasteiger partial charge in [-0.15, -0.1) is 0 Å². The maximum absolute atomic E-state index is 9.84. The van der Waals surface area contributed by atoms with Crippen LogP contribution >= 0.6 is 0 Å². The fourth-order valence-corrected chi connectivity index (χ4v) is 3.05. The Balaban J connectivity index is 2.15. The molecule has 0 bridgehead atoms. The first-order valence-corrected chi connectivity index (χ1v) is 7.42. The second-order valence-corrected chi connectivity index (χ2v) is 5.46. The number of nitrogens with zero attached hydrogens (tertiary/aromatic N) is 2. The average molecular weight is 278 g/mol. The third kappa shape index (κ3) is 3.32. The molecular formula is C16H26N2O2. The van der Waals surface area contributed by atoms with Crippen LogP contribution in [0.2, 0.25) is 0 Å². The Kier molecular flexibility index (Phi) is 5.40. The van der Waals surface area contributed by atoms with E-state index in [1.807, 2.05) is 18.2 Å². The van der Waals surface area contributed by atoms with E-state index < -0.39 is 0 Å². The molecule has 0 saturated carbocycles. The van der Waals surface area contributed by atoms with E-state index in [1.54, 1.807) is 7.11 Å². The molecule has 1 aromatic carbocycles. The first kappa shape index (κ1) is 15.3. The number of benzene rings is 1. The van der Waals surface area contributed by atoms with Crippen LogP contribution in [0.4, 0.5) is 0 Å². The Morgan fingerprint density at radius 1 is 1.40 bits per heavy atom. The molecule has 1 aliphatic rings. The Bertz CT molecular complexity index is 425. The van der Waals surface area contributed by atoms with Crippen molar-refractivity contribution in [2.75, 3.05) is 39.9 Å². The van der Waals surface area contributed by atoms with E-state index in [0.717, 1.165) is 37.5 Å². The van der Waals surface area contributed by atoms with Gasteiger partial charge in [-0.1, -0.05) is 19.1 Å². The summed E-state index contributed by atoms with van der Waals surface area (Å²) < 4.78 is 5.29. The predicted octanol–water partition coefficient (Wildman–Crippen LogP) is 1.75. The largest absolute Gasteiger partial charge is 0.497 e. The fraction of sp³-hybridized carbons (Fsp3) is 0.625. The zero-order chi connectivity index (χ0) is 14.5. The molecule has 1 aliphatic heterocycles. The van der Waals surface area contributed by atoms with Crippen LogP contribution in [0.3, 0.4) is 0 Å². The van der Waals surface area contributed by atoms with Crippen LogP contribution in [-0.2, 0) is 0 Å². The van der Waals surface area contributed by atoms with Crippen molar-refractivity contribution in [3.8, 4) is 5.75 Å². The summed E-state index contributed by atoms with van der Waals surface area (Å²) in [5.41, 5.74) is 1.13. The second kappa shape index (κ2) is 7.07. The van der Waals surface area contributed by atoms with E-state index in [0.29, 0.717) is 6.04 Å². The van der Waals surface area contributed by atoms with Crippen molar-refractivity contribution in [2.45, 2.75) is 25.9 Å². The standard InChI is InChI=1S/C16H26N2O2/c1-4-17-8-9-18(13(2)11-17)16(12-19)14-6-5-7-15(10-14)20-3/h5-7,10,13,16,19H,4,8-9,11-12H2,1-3H3. The van der Waals surface area contributed by atoms with Gasteiger partial charge in [0.05, 0.1) is 19.8 Å². The van der Waals surface area contributed by atoms with Crippen LogP contribution in [0.25, 0.3) is 0 Å². The minimum atomic E-state index is 0.0547. The van der Waals surface area contributed by atoms with Crippen LogP contribution in [0.1, 0.15) is 25.5 Å². The lowest BCUT2D eigenvalue weighted by molar-refractivity contribution is 0.0270. The number of ether oxygens (including phenoxy) is 1. The molecule has 20 heavy (non-hydrogen) atoms. The van der Waals surface area contributed by atoms with Gasteiger partial charge in [0.15, 0.2) is 0 Å². The van der Waals surface area contributed by atoms with Gasteiger partial charge in [-0.25, -0.2) is 0 Å². The number of aliphatic hydroxyl groups is 1. The number of hydrogen-bond donors (Lipinski definition) is 1. The maximum Gasteiger partial charge on any atom is 0.119 e. The summed E-state index contributed by atoms with van der Waals surface area (Å²) in [6.07, 6.45) is 0. The third-order valence-corrected chi connectivity index (χ3v) is 4.26. The third-order valence-electron chi connectivity index (χ3n) is 4.26. The lowest BCUT2D eigenvalue weighted by atomic mass is 10.0. The summed E-state index contributed by atoms with van der Waals surface area (Å²) in [4.78, 5) is 4.86. The van der Waals surface area contributed by atoms with Crippen molar-refractivity contribution in [1.29, 1.82) is 0 Å². The van der Waals surface area contributed by atoms with Crippen molar-refractivity contribution >= 4 is 0 Å². The Morgan fingerprint density at radius 3 is 2.80 bits per heavy atom. The van der Waals surface area contributed by atoms with Crippen molar-refractivity contribution in [2.24, 2.45) is 0 Å². The SMILES string of the molecule is CCN1CCN(C(CO)c2cccc(OC)c2)C(C)C1. The zero-order valence-electron chi connectivity index (χ0n) is 12.7. The molecule has 0 aromatic heterocycles. The van der Waals surface area contributed by atoms with Gasteiger partial charge in [0.1, 0.15) is 5.75 Å². The van der Waals surface area contributed by atoms with Crippen molar-refractivity contribution < 1.29 is 9.84 Å². The molecule has 0 aliphatic carbocycles. The van der Waals surface area contributed by atoms with Crippen LogP contribution in [0, 0.1) is 0 Å². The van der Waals surface area contributed by atoms with Gasteiger partial charge in [-0.05, 0) is 31.2 Å². The highest BCUT2D eigenvalue weighted by Crippen LogP contribution is 2.27. The molecule has 0 amide bonds. The van der Waals surface area contributed by atoms with Crippen LogP contribution in [0.15, 0.2) is 24.3 Å². The molecule has 4 nitrogen and oxygen atoms in total. The van der Waals surface area contributed by atoms with Crippen molar-refractivity contribution in [3.05, 3.63) is 29.8 Å².